The average molecular weight is 189 g/mol. The van der Waals surface area contributed by atoms with Crippen molar-refractivity contribution < 1.29 is 4.74 Å². The quantitative estimate of drug-likeness (QED) is 0.674. The first-order valence-electron chi connectivity index (χ1n) is 5.16. The second-order valence-electron chi connectivity index (χ2n) is 4.16. The van der Waals surface area contributed by atoms with E-state index in [0.717, 1.165) is 12.5 Å². The summed E-state index contributed by atoms with van der Waals surface area (Å²) in [5, 5.41) is 0. The maximum atomic E-state index is 5.04. The van der Waals surface area contributed by atoms with E-state index in [1.165, 1.54) is 6.54 Å². The topological polar surface area (TPSA) is 12.5 Å². The van der Waals surface area contributed by atoms with Crippen molar-refractivity contribution in [3.8, 4) is 0 Å². The molecule has 2 nitrogen and oxygen atoms in total. The molecule has 0 rings (SSSR count). The second kappa shape index (κ2) is 10.0. The zero-order valence-electron chi connectivity index (χ0n) is 10.4. The van der Waals surface area contributed by atoms with Gasteiger partial charge in [-0.05, 0) is 47.3 Å². The molecule has 0 atom stereocenters. The standard InChI is InChI=1S/C6H15N.C5H12O/c1-6(2)5-7(3)4;1-4-6-5(2)3/h6H,5H2,1-4H3;5H,4H2,1-3H3. The summed E-state index contributed by atoms with van der Waals surface area (Å²) in [5.74, 6) is 0.801. The smallest absolute Gasteiger partial charge is 0.0518 e. The van der Waals surface area contributed by atoms with E-state index in [0.29, 0.717) is 6.10 Å². The van der Waals surface area contributed by atoms with Crippen molar-refractivity contribution in [1.82, 2.24) is 4.90 Å². The number of ether oxygens (including phenoxy) is 1. The molecule has 0 aliphatic carbocycles. The minimum absolute atomic E-state index is 0.398. The fourth-order valence-electron chi connectivity index (χ4n) is 1.06. The summed E-state index contributed by atoms with van der Waals surface area (Å²) in [6.45, 7) is 12.5. The third-order valence-electron chi connectivity index (χ3n) is 1.23. The van der Waals surface area contributed by atoms with Crippen LogP contribution in [0.25, 0.3) is 0 Å². The third kappa shape index (κ3) is 24.5. The van der Waals surface area contributed by atoms with Crippen molar-refractivity contribution >= 4 is 0 Å². The Morgan fingerprint density at radius 2 is 1.54 bits per heavy atom. The van der Waals surface area contributed by atoms with Crippen molar-refractivity contribution in [2.24, 2.45) is 5.92 Å². The van der Waals surface area contributed by atoms with Gasteiger partial charge in [-0.3, -0.25) is 0 Å². The molecule has 0 heterocycles. The van der Waals surface area contributed by atoms with Gasteiger partial charge in [-0.25, -0.2) is 0 Å². The first-order valence-corrected chi connectivity index (χ1v) is 5.16. The highest BCUT2D eigenvalue weighted by molar-refractivity contribution is 4.46. The first kappa shape index (κ1) is 15.4. The van der Waals surface area contributed by atoms with Crippen LogP contribution in [0.4, 0.5) is 0 Å². The highest BCUT2D eigenvalue weighted by Gasteiger charge is 1.92. The molecule has 0 fully saturated rings. The molecule has 0 aromatic rings. The summed E-state index contributed by atoms with van der Waals surface area (Å²) >= 11 is 0. The van der Waals surface area contributed by atoms with Gasteiger partial charge in [0.25, 0.3) is 0 Å². The van der Waals surface area contributed by atoms with Gasteiger partial charge < -0.3 is 9.64 Å². The predicted octanol–water partition coefficient (Wildman–Crippen LogP) is 2.64. The monoisotopic (exact) mass is 189 g/mol. The van der Waals surface area contributed by atoms with Crippen LogP contribution in [0.2, 0.25) is 0 Å². The molecule has 0 radical (unpaired) electrons. The van der Waals surface area contributed by atoms with Crippen LogP contribution in [0.5, 0.6) is 0 Å². The summed E-state index contributed by atoms with van der Waals surface area (Å²) in [7, 11) is 4.19. The lowest BCUT2D eigenvalue weighted by molar-refractivity contribution is 0.0899. The van der Waals surface area contributed by atoms with E-state index < -0.39 is 0 Å². The summed E-state index contributed by atoms with van der Waals surface area (Å²) in [5.41, 5.74) is 0. The minimum Gasteiger partial charge on any atom is -0.379 e. The maximum absolute atomic E-state index is 5.04. The van der Waals surface area contributed by atoms with Crippen LogP contribution in [0.3, 0.4) is 0 Å². The summed E-state index contributed by atoms with van der Waals surface area (Å²) in [6.07, 6.45) is 0.398. The lowest BCUT2D eigenvalue weighted by atomic mass is 10.2. The molecule has 0 saturated heterocycles. The van der Waals surface area contributed by atoms with Gasteiger partial charge >= 0.3 is 0 Å². The van der Waals surface area contributed by atoms with Gasteiger partial charge in [0.1, 0.15) is 0 Å². The minimum atomic E-state index is 0.398. The Morgan fingerprint density at radius 3 is 1.54 bits per heavy atom. The van der Waals surface area contributed by atoms with E-state index in [-0.39, 0.29) is 0 Å². The van der Waals surface area contributed by atoms with Crippen molar-refractivity contribution in [1.29, 1.82) is 0 Å². The Bertz CT molecular complexity index is 84.1. The molecule has 0 spiro atoms. The van der Waals surface area contributed by atoms with Crippen molar-refractivity contribution in [2.75, 3.05) is 27.2 Å². The Balaban J connectivity index is 0. The first-order chi connectivity index (χ1) is 5.90. The SMILES string of the molecule is CC(C)CN(C)C.CCOC(C)C. The fraction of sp³-hybridized carbons (Fsp3) is 1.00. The predicted molar refractivity (Wildman–Crippen MR) is 60.2 cm³/mol. The number of nitrogens with zero attached hydrogens (tertiary/aromatic N) is 1. The summed E-state index contributed by atoms with van der Waals surface area (Å²) in [4.78, 5) is 2.20. The maximum Gasteiger partial charge on any atom is 0.0518 e. The van der Waals surface area contributed by atoms with Gasteiger partial charge in [0.05, 0.1) is 6.10 Å². The molecule has 0 amide bonds. The van der Waals surface area contributed by atoms with Crippen LogP contribution in [-0.2, 0) is 4.74 Å². The molecule has 0 aliphatic rings. The normalized spacial score (nSPS) is 10.6. The Labute approximate surface area is 84.3 Å². The molecule has 13 heavy (non-hydrogen) atoms. The second-order valence-corrected chi connectivity index (χ2v) is 4.16. The van der Waals surface area contributed by atoms with E-state index in [4.69, 9.17) is 4.74 Å². The molecule has 0 saturated carbocycles. The molecule has 82 valence electrons. The van der Waals surface area contributed by atoms with Gasteiger partial charge in [-0.2, -0.15) is 0 Å². The van der Waals surface area contributed by atoms with Crippen LogP contribution >= 0.6 is 0 Å². The van der Waals surface area contributed by atoms with Crippen LogP contribution in [0, 0.1) is 5.92 Å². The number of rotatable bonds is 4. The van der Waals surface area contributed by atoms with Gasteiger partial charge in [-0.15, -0.1) is 0 Å². The molecule has 0 bridgehead atoms. The van der Waals surface area contributed by atoms with Crippen LogP contribution in [0.15, 0.2) is 0 Å². The molecular formula is C11H27NO. The van der Waals surface area contributed by atoms with Crippen molar-refractivity contribution in [2.45, 2.75) is 40.7 Å². The van der Waals surface area contributed by atoms with Crippen LogP contribution < -0.4 is 0 Å². The summed E-state index contributed by atoms with van der Waals surface area (Å²) in [6, 6.07) is 0. The van der Waals surface area contributed by atoms with E-state index in [2.05, 4.69) is 32.8 Å². The lowest BCUT2D eigenvalue weighted by Gasteiger charge is -2.10. The Morgan fingerprint density at radius 1 is 1.08 bits per heavy atom. The summed E-state index contributed by atoms with van der Waals surface area (Å²) < 4.78 is 5.04. The largest absolute Gasteiger partial charge is 0.379 e. The third-order valence-corrected chi connectivity index (χ3v) is 1.23. The molecule has 2 heteroatoms. The zero-order valence-corrected chi connectivity index (χ0v) is 10.4. The average Bonchev–Trinajstić information content (AvgIpc) is 1.83. The van der Waals surface area contributed by atoms with E-state index >= 15 is 0 Å². The Hall–Kier alpha value is -0.0800. The zero-order chi connectivity index (χ0) is 10.9. The van der Waals surface area contributed by atoms with E-state index in [1.54, 1.807) is 0 Å². The van der Waals surface area contributed by atoms with Gasteiger partial charge in [0, 0.05) is 6.61 Å². The highest BCUT2D eigenvalue weighted by Crippen LogP contribution is 1.90. The van der Waals surface area contributed by atoms with Crippen LogP contribution in [0.1, 0.15) is 34.6 Å². The molecule has 0 N–H and O–H groups in total. The van der Waals surface area contributed by atoms with Gasteiger partial charge in [-0.1, -0.05) is 13.8 Å². The molecule has 0 unspecified atom stereocenters. The molecule has 0 aliphatic heterocycles. The Kier molecular flexibility index (Phi) is 11.8. The van der Waals surface area contributed by atoms with Gasteiger partial charge in [0.15, 0.2) is 0 Å². The highest BCUT2D eigenvalue weighted by atomic mass is 16.5. The number of hydrogen-bond donors (Lipinski definition) is 0. The van der Waals surface area contributed by atoms with E-state index in [9.17, 15) is 0 Å². The molecular weight excluding hydrogens is 162 g/mol. The fourth-order valence-corrected chi connectivity index (χ4v) is 1.06. The van der Waals surface area contributed by atoms with Crippen molar-refractivity contribution in [3.05, 3.63) is 0 Å². The van der Waals surface area contributed by atoms with Gasteiger partial charge in [0.2, 0.25) is 0 Å². The number of hydrogen-bond acceptors (Lipinski definition) is 2. The molecule has 0 aromatic heterocycles. The van der Waals surface area contributed by atoms with E-state index in [1.807, 2.05) is 20.8 Å². The lowest BCUT2D eigenvalue weighted by Crippen LogP contribution is -2.17. The molecule has 0 aromatic carbocycles. The van der Waals surface area contributed by atoms with Crippen LogP contribution in [-0.4, -0.2) is 38.3 Å². The van der Waals surface area contributed by atoms with Crippen molar-refractivity contribution in [3.63, 3.8) is 0 Å².